The van der Waals surface area contributed by atoms with Crippen molar-refractivity contribution < 1.29 is 19.4 Å². The Morgan fingerprint density at radius 2 is 1.78 bits per heavy atom. The fourth-order valence-electron chi connectivity index (χ4n) is 3.07. The summed E-state index contributed by atoms with van der Waals surface area (Å²) in [5.74, 6) is 0.138. The molecule has 4 nitrogen and oxygen atoms in total. The van der Waals surface area contributed by atoms with Gasteiger partial charge in [0.1, 0.15) is 5.75 Å². The summed E-state index contributed by atoms with van der Waals surface area (Å²) >= 11 is 0. The monoisotopic (exact) mass is 312 g/mol. The Morgan fingerprint density at radius 3 is 2.52 bits per heavy atom. The van der Waals surface area contributed by atoms with Gasteiger partial charge in [-0.3, -0.25) is 4.79 Å². The van der Waals surface area contributed by atoms with Gasteiger partial charge in [-0.25, -0.2) is 0 Å². The van der Waals surface area contributed by atoms with Crippen molar-refractivity contribution in [3.63, 3.8) is 0 Å². The Kier molecular flexibility index (Phi) is 4.63. The number of aryl methyl sites for hydroxylation is 1. The van der Waals surface area contributed by atoms with E-state index in [1.807, 2.05) is 12.1 Å². The molecule has 2 aromatic carbocycles. The van der Waals surface area contributed by atoms with Gasteiger partial charge < -0.3 is 14.6 Å². The van der Waals surface area contributed by atoms with Gasteiger partial charge in [-0.1, -0.05) is 42.5 Å². The van der Waals surface area contributed by atoms with Gasteiger partial charge in [0.25, 0.3) is 5.97 Å². The zero-order valence-corrected chi connectivity index (χ0v) is 13.1. The lowest BCUT2D eigenvalue weighted by molar-refractivity contribution is -0.134. The Labute approximate surface area is 135 Å². The maximum atomic E-state index is 9.00. The SMILES string of the molecule is CC(=O)O.c1ccc2c(c1)CC(OC1CCc3ccccc31)O2. The van der Waals surface area contributed by atoms with Crippen LogP contribution >= 0.6 is 0 Å². The highest BCUT2D eigenvalue weighted by Crippen LogP contribution is 2.37. The molecule has 1 N–H and O–H groups in total. The van der Waals surface area contributed by atoms with E-state index in [1.54, 1.807) is 0 Å². The zero-order valence-electron chi connectivity index (χ0n) is 13.1. The lowest BCUT2D eigenvalue weighted by Gasteiger charge is -2.18. The summed E-state index contributed by atoms with van der Waals surface area (Å²) in [5, 5.41) is 7.42. The summed E-state index contributed by atoms with van der Waals surface area (Å²) in [6.45, 7) is 1.08. The van der Waals surface area contributed by atoms with E-state index in [0.29, 0.717) is 0 Å². The molecular formula is C19H20O4. The number of para-hydroxylation sites is 1. The quantitative estimate of drug-likeness (QED) is 0.917. The third-order valence-electron chi connectivity index (χ3n) is 4.01. The normalized spacial score (nSPS) is 20.7. The molecule has 1 aliphatic carbocycles. The number of carbonyl (C=O) groups is 1. The van der Waals surface area contributed by atoms with Crippen LogP contribution in [0, 0.1) is 0 Å². The first-order valence-corrected chi connectivity index (χ1v) is 7.81. The standard InChI is InChI=1S/C17H16O2.C2H4O2/c1-3-7-14-12(5-1)9-10-16(14)19-17-11-13-6-2-4-8-15(13)18-17;1-2(3)4/h1-8,16-17H,9-11H2;1H3,(H,3,4). The molecule has 0 spiro atoms. The minimum atomic E-state index is -0.833. The fraction of sp³-hybridized carbons (Fsp3) is 0.316. The highest BCUT2D eigenvalue weighted by Gasteiger charge is 2.30. The van der Waals surface area contributed by atoms with Crippen LogP contribution in [0.1, 0.15) is 36.1 Å². The summed E-state index contributed by atoms with van der Waals surface area (Å²) < 4.78 is 12.0. The molecule has 2 atom stereocenters. The van der Waals surface area contributed by atoms with Crippen molar-refractivity contribution in [1.82, 2.24) is 0 Å². The van der Waals surface area contributed by atoms with E-state index >= 15 is 0 Å². The van der Waals surface area contributed by atoms with Gasteiger partial charge in [-0.15, -0.1) is 0 Å². The molecular weight excluding hydrogens is 292 g/mol. The number of rotatable bonds is 2. The van der Waals surface area contributed by atoms with Gasteiger partial charge in [0.15, 0.2) is 0 Å². The number of ether oxygens (including phenoxy) is 2. The second-order valence-electron chi connectivity index (χ2n) is 5.74. The average molecular weight is 312 g/mol. The van der Waals surface area contributed by atoms with Gasteiger partial charge in [0.05, 0.1) is 6.10 Å². The van der Waals surface area contributed by atoms with Crippen LogP contribution in [0.2, 0.25) is 0 Å². The summed E-state index contributed by atoms with van der Waals surface area (Å²) in [6, 6.07) is 16.7. The van der Waals surface area contributed by atoms with Crippen molar-refractivity contribution in [2.24, 2.45) is 0 Å². The molecule has 120 valence electrons. The van der Waals surface area contributed by atoms with Crippen LogP contribution in [0.25, 0.3) is 0 Å². The number of aliphatic carboxylic acids is 1. The number of benzene rings is 2. The average Bonchev–Trinajstić information content (AvgIpc) is 3.11. The van der Waals surface area contributed by atoms with E-state index in [9.17, 15) is 0 Å². The molecule has 2 aliphatic rings. The number of carboxylic acid groups (broad SMARTS) is 1. The Balaban J connectivity index is 0.000000354. The first-order chi connectivity index (χ1) is 11.1. The Bertz CT molecular complexity index is 666. The van der Waals surface area contributed by atoms with Crippen LogP contribution in [0.3, 0.4) is 0 Å². The van der Waals surface area contributed by atoms with Gasteiger partial charge in [0.2, 0.25) is 6.29 Å². The minimum Gasteiger partial charge on any atom is -0.481 e. The van der Waals surface area contributed by atoms with Crippen molar-refractivity contribution in [3.05, 3.63) is 65.2 Å². The summed E-state index contributed by atoms with van der Waals surface area (Å²) in [4.78, 5) is 9.00. The molecule has 0 saturated carbocycles. The molecule has 1 heterocycles. The van der Waals surface area contributed by atoms with E-state index in [1.165, 1.54) is 16.7 Å². The summed E-state index contributed by atoms with van der Waals surface area (Å²) in [7, 11) is 0. The molecule has 0 saturated heterocycles. The van der Waals surface area contributed by atoms with Gasteiger partial charge in [0, 0.05) is 18.9 Å². The van der Waals surface area contributed by atoms with E-state index < -0.39 is 5.97 Å². The van der Waals surface area contributed by atoms with Crippen molar-refractivity contribution in [1.29, 1.82) is 0 Å². The van der Waals surface area contributed by atoms with E-state index in [-0.39, 0.29) is 12.4 Å². The first kappa shape index (κ1) is 15.6. The highest BCUT2D eigenvalue weighted by molar-refractivity contribution is 5.62. The van der Waals surface area contributed by atoms with Crippen LogP contribution in [0.4, 0.5) is 0 Å². The molecule has 4 rings (SSSR count). The topological polar surface area (TPSA) is 55.8 Å². The zero-order chi connectivity index (χ0) is 16.2. The van der Waals surface area contributed by atoms with Gasteiger partial charge in [-0.2, -0.15) is 0 Å². The van der Waals surface area contributed by atoms with Gasteiger partial charge in [-0.05, 0) is 30.0 Å². The van der Waals surface area contributed by atoms with Gasteiger partial charge >= 0.3 is 0 Å². The second-order valence-corrected chi connectivity index (χ2v) is 5.74. The van der Waals surface area contributed by atoms with E-state index in [2.05, 4.69) is 36.4 Å². The minimum absolute atomic E-state index is 0.131. The molecule has 2 unspecified atom stereocenters. The van der Waals surface area contributed by atoms with Crippen molar-refractivity contribution in [2.75, 3.05) is 0 Å². The van der Waals surface area contributed by atoms with Crippen LogP contribution in [0.5, 0.6) is 5.75 Å². The molecule has 0 bridgehead atoms. The fourth-order valence-corrected chi connectivity index (χ4v) is 3.07. The summed E-state index contributed by atoms with van der Waals surface area (Å²) in [5.41, 5.74) is 4.00. The lowest BCUT2D eigenvalue weighted by atomic mass is 10.1. The van der Waals surface area contributed by atoms with Crippen molar-refractivity contribution in [3.8, 4) is 5.75 Å². The first-order valence-electron chi connectivity index (χ1n) is 7.81. The maximum Gasteiger partial charge on any atom is 0.300 e. The molecule has 0 amide bonds. The second kappa shape index (κ2) is 6.84. The molecule has 0 aromatic heterocycles. The van der Waals surface area contributed by atoms with E-state index in [0.717, 1.165) is 31.9 Å². The smallest absolute Gasteiger partial charge is 0.300 e. The predicted molar refractivity (Wildman–Crippen MR) is 86.5 cm³/mol. The van der Waals surface area contributed by atoms with Crippen molar-refractivity contribution >= 4 is 5.97 Å². The van der Waals surface area contributed by atoms with Crippen LogP contribution < -0.4 is 4.74 Å². The number of hydrogen-bond acceptors (Lipinski definition) is 3. The molecule has 2 aromatic rings. The highest BCUT2D eigenvalue weighted by atomic mass is 16.7. The summed E-state index contributed by atoms with van der Waals surface area (Å²) in [6.07, 6.45) is 3.09. The largest absolute Gasteiger partial charge is 0.481 e. The maximum absolute atomic E-state index is 9.00. The predicted octanol–water partition coefficient (Wildman–Crippen LogP) is 3.74. The number of fused-ring (bicyclic) bond motifs is 2. The number of carboxylic acids is 1. The Morgan fingerprint density at radius 1 is 1.13 bits per heavy atom. The van der Waals surface area contributed by atoms with Crippen LogP contribution in [-0.2, 0) is 22.4 Å². The Hall–Kier alpha value is -2.33. The lowest BCUT2D eigenvalue weighted by Crippen LogP contribution is -2.19. The molecule has 1 aliphatic heterocycles. The van der Waals surface area contributed by atoms with Crippen LogP contribution in [-0.4, -0.2) is 17.4 Å². The van der Waals surface area contributed by atoms with E-state index in [4.69, 9.17) is 19.4 Å². The molecule has 23 heavy (non-hydrogen) atoms. The number of hydrogen-bond donors (Lipinski definition) is 1. The molecule has 4 heteroatoms. The van der Waals surface area contributed by atoms with Crippen LogP contribution in [0.15, 0.2) is 48.5 Å². The van der Waals surface area contributed by atoms with Crippen molar-refractivity contribution in [2.45, 2.75) is 38.6 Å². The molecule has 0 fully saturated rings. The third-order valence-corrected chi connectivity index (χ3v) is 4.01. The third kappa shape index (κ3) is 3.71. The molecule has 0 radical (unpaired) electrons.